The van der Waals surface area contributed by atoms with Gasteiger partial charge in [-0.05, 0) is 20.8 Å². The first-order chi connectivity index (χ1) is 12.1. The smallest absolute Gasteiger partial charge is 0.333 e. The normalized spacial score (nSPS) is 10.6. The summed E-state index contributed by atoms with van der Waals surface area (Å²) >= 11 is 3.24. The number of halogens is 1. The molecule has 0 atom stereocenters. The molecular weight excluding hydrogens is 410 g/mol. The molecule has 0 aromatic rings. The van der Waals surface area contributed by atoms with Crippen molar-refractivity contribution in [3.63, 3.8) is 0 Å². The van der Waals surface area contributed by atoms with Crippen LogP contribution in [0.2, 0.25) is 0 Å². The van der Waals surface area contributed by atoms with Crippen molar-refractivity contribution in [1.29, 1.82) is 0 Å². The quantitative estimate of drug-likeness (QED) is 0.163. The zero-order valence-corrected chi connectivity index (χ0v) is 17.0. The summed E-state index contributed by atoms with van der Waals surface area (Å²) in [5, 5.41) is 3.04. The first-order valence-corrected chi connectivity index (χ1v) is 9.22. The summed E-state index contributed by atoms with van der Waals surface area (Å²) in [6.45, 7) is 8.43. The maximum Gasteiger partial charge on any atom is 0.333 e. The third-order valence-corrected chi connectivity index (χ3v) is 4.20. The average Bonchev–Trinajstić information content (AvgIpc) is 2.56. The predicted molar refractivity (Wildman–Crippen MR) is 97.6 cm³/mol. The lowest BCUT2D eigenvalue weighted by molar-refractivity contribution is -0.154. The first kappa shape index (κ1) is 24.1. The first-order valence-electron chi connectivity index (χ1n) is 8.10. The van der Waals surface area contributed by atoms with Gasteiger partial charge in [-0.25, -0.2) is 4.79 Å². The van der Waals surface area contributed by atoms with Crippen molar-refractivity contribution in [2.75, 3.05) is 25.1 Å². The number of esters is 3. The Morgan fingerprint density at radius 1 is 1.00 bits per heavy atom. The Morgan fingerprint density at radius 2 is 1.62 bits per heavy atom. The van der Waals surface area contributed by atoms with Crippen LogP contribution in [0.4, 0.5) is 0 Å². The van der Waals surface area contributed by atoms with Crippen LogP contribution in [-0.2, 0) is 33.4 Å². The number of hydrogen-bond acceptors (Lipinski definition) is 7. The highest BCUT2D eigenvalue weighted by Crippen LogP contribution is 2.13. The second-order valence-corrected chi connectivity index (χ2v) is 6.66. The van der Waals surface area contributed by atoms with Crippen molar-refractivity contribution in [2.45, 2.75) is 45.6 Å². The molecule has 0 fully saturated rings. The van der Waals surface area contributed by atoms with Gasteiger partial charge in [0.1, 0.15) is 18.8 Å². The van der Waals surface area contributed by atoms with Gasteiger partial charge in [-0.2, -0.15) is 0 Å². The van der Waals surface area contributed by atoms with Crippen molar-refractivity contribution >= 4 is 39.7 Å². The van der Waals surface area contributed by atoms with Crippen LogP contribution in [0.1, 0.15) is 40.0 Å². The number of carbonyl (C=O) groups is 4. The molecule has 0 bridgehead atoms. The van der Waals surface area contributed by atoms with Gasteiger partial charge in [-0.1, -0.05) is 22.5 Å². The number of carbonyl (C=O) groups excluding carboxylic acids is 4. The molecule has 0 aliphatic carbocycles. The molecule has 0 saturated heterocycles. The third kappa shape index (κ3) is 12.5. The van der Waals surface area contributed by atoms with Crippen molar-refractivity contribution in [1.82, 2.24) is 5.32 Å². The van der Waals surface area contributed by atoms with E-state index in [1.165, 1.54) is 6.92 Å². The Labute approximate surface area is 161 Å². The molecule has 148 valence electrons. The molecule has 1 N–H and O–H groups in total. The van der Waals surface area contributed by atoms with E-state index in [1.807, 2.05) is 0 Å². The zero-order valence-electron chi connectivity index (χ0n) is 15.4. The fraction of sp³-hybridized carbons (Fsp3) is 0.647. The molecule has 0 saturated carbocycles. The molecule has 0 spiro atoms. The molecule has 0 rings (SSSR count). The summed E-state index contributed by atoms with van der Waals surface area (Å²) in [6, 6.07) is 0. The molecule has 26 heavy (non-hydrogen) atoms. The standard InChI is InChI=1S/C17H26BrNO7/c1-12(2)16(23)25-10-9-24-14(21)6-5-13(20)19-8-7-15(22)26-17(3,4)11-18/h1,5-11H2,2-4H3,(H,19,20). The van der Waals surface area contributed by atoms with Gasteiger partial charge in [-0.15, -0.1) is 0 Å². The van der Waals surface area contributed by atoms with E-state index in [9.17, 15) is 19.2 Å². The number of ether oxygens (including phenoxy) is 3. The van der Waals surface area contributed by atoms with Crippen LogP contribution in [0.3, 0.4) is 0 Å². The van der Waals surface area contributed by atoms with E-state index in [1.54, 1.807) is 13.8 Å². The minimum Gasteiger partial charge on any atom is -0.462 e. The molecule has 9 heteroatoms. The van der Waals surface area contributed by atoms with E-state index in [0.717, 1.165) is 0 Å². The maximum atomic E-state index is 11.6. The Kier molecular flexibility index (Phi) is 11.5. The largest absolute Gasteiger partial charge is 0.462 e. The van der Waals surface area contributed by atoms with Gasteiger partial charge in [0.2, 0.25) is 5.91 Å². The van der Waals surface area contributed by atoms with Crippen molar-refractivity contribution < 1.29 is 33.4 Å². The summed E-state index contributed by atoms with van der Waals surface area (Å²) in [4.78, 5) is 45.8. The molecule has 0 aliphatic heterocycles. The van der Waals surface area contributed by atoms with Crippen molar-refractivity contribution in [3.05, 3.63) is 12.2 Å². The number of nitrogens with one attached hydrogen (secondary N) is 1. The van der Waals surface area contributed by atoms with Gasteiger partial charge in [-0.3, -0.25) is 14.4 Å². The number of rotatable bonds is 12. The van der Waals surface area contributed by atoms with Gasteiger partial charge in [0.15, 0.2) is 0 Å². The number of hydrogen-bond donors (Lipinski definition) is 1. The maximum absolute atomic E-state index is 11.6. The van der Waals surface area contributed by atoms with Gasteiger partial charge in [0.05, 0.1) is 12.8 Å². The summed E-state index contributed by atoms with van der Waals surface area (Å²) < 4.78 is 14.8. The molecule has 0 radical (unpaired) electrons. The zero-order chi connectivity index (χ0) is 20.2. The molecule has 0 unspecified atom stereocenters. The van der Waals surface area contributed by atoms with Crippen LogP contribution in [0, 0.1) is 0 Å². The van der Waals surface area contributed by atoms with E-state index in [-0.39, 0.29) is 50.5 Å². The molecule has 0 heterocycles. The number of alkyl halides is 1. The molecule has 1 amide bonds. The van der Waals surface area contributed by atoms with E-state index in [4.69, 9.17) is 14.2 Å². The van der Waals surface area contributed by atoms with Gasteiger partial charge >= 0.3 is 17.9 Å². The molecule has 8 nitrogen and oxygen atoms in total. The summed E-state index contributed by atoms with van der Waals surface area (Å²) in [7, 11) is 0. The summed E-state index contributed by atoms with van der Waals surface area (Å²) in [5.74, 6) is -1.93. The lowest BCUT2D eigenvalue weighted by Gasteiger charge is -2.22. The van der Waals surface area contributed by atoms with Crippen molar-refractivity contribution in [2.24, 2.45) is 0 Å². The molecular formula is C17H26BrNO7. The van der Waals surface area contributed by atoms with Gasteiger partial charge in [0, 0.05) is 23.9 Å². The van der Waals surface area contributed by atoms with E-state index >= 15 is 0 Å². The van der Waals surface area contributed by atoms with E-state index in [0.29, 0.717) is 5.33 Å². The molecule has 0 aromatic heterocycles. The number of amides is 1. The Hall–Kier alpha value is -1.90. The predicted octanol–water partition coefficient (Wildman–Crippen LogP) is 1.65. The Morgan fingerprint density at radius 3 is 2.19 bits per heavy atom. The Bertz CT molecular complexity index is 531. The van der Waals surface area contributed by atoms with Crippen LogP contribution < -0.4 is 5.32 Å². The van der Waals surface area contributed by atoms with Crippen LogP contribution in [0.15, 0.2) is 12.2 Å². The minimum atomic E-state index is -0.608. The third-order valence-electron chi connectivity index (χ3n) is 2.85. The van der Waals surface area contributed by atoms with E-state index < -0.39 is 23.5 Å². The van der Waals surface area contributed by atoms with Gasteiger partial charge < -0.3 is 19.5 Å². The summed E-state index contributed by atoms with van der Waals surface area (Å²) in [6.07, 6.45) is -0.131. The fourth-order valence-corrected chi connectivity index (χ4v) is 1.59. The highest BCUT2D eigenvalue weighted by molar-refractivity contribution is 9.09. The SMILES string of the molecule is C=C(C)C(=O)OCCOC(=O)CCC(=O)NCCC(=O)OC(C)(C)CBr. The average molecular weight is 436 g/mol. The second kappa shape index (κ2) is 12.5. The fourth-order valence-electron chi connectivity index (χ4n) is 1.48. The second-order valence-electron chi connectivity index (χ2n) is 6.10. The van der Waals surface area contributed by atoms with Crippen LogP contribution in [0.25, 0.3) is 0 Å². The molecule has 0 aromatic carbocycles. The highest BCUT2D eigenvalue weighted by Gasteiger charge is 2.21. The minimum absolute atomic E-state index is 0.0424. The van der Waals surface area contributed by atoms with E-state index in [2.05, 4.69) is 27.8 Å². The van der Waals surface area contributed by atoms with Crippen LogP contribution >= 0.6 is 15.9 Å². The summed E-state index contributed by atoms with van der Waals surface area (Å²) in [5.41, 5.74) is -0.351. The lowest BCUT2D eigenvalue weighted by Crippen LogP contribution is -2.32. The Balaban J connectivity index is 3.78. The lowest BCUT2D eigenvalue weighted by atomic mass is 10.2. The van der Waals surface area contributed by atoms with Gasteiger partial charge in [0.25, 0.3) is 0 Å². The monoisotopic (exact) mass is 435 g/mol. The van der Waals surface area contributed by atoms with Crippen LogP contribution in [0.5, 0.6) is 0 Å². The highest BCUT2D eigenvalue weighted by atomic mass is 79.9. The van der Waals surface area contributed by atoms with Crippen LogP contribution in [-0.4, -0.2) is 54.5 Å². The topological polar surface area (TPSA) is 108 Å². The van der Waals surface area contributed by atoms with Crippen molar-refractivity contribution in [3.8, 4) is 0 Å². The molecule has 0 aliphatic rings.